The van der Waals surface area contributed by atoms with Crippen molar-refractivity contribution in [2.45, 2.75) is 12.6 Å². The van der Waals surface area contributed by atoms with E-state index >= 15 is 0 Å². The molecular formula is C7H9ClF3N3. The molecule has 0 bridgehead atoms. The highest BCUT2D eigenvalue weighted by Crippen LogP contribution is 2.25. The van der Waals surface area contributed by atoms with Gasteiger partial charge in [-0.1, -0.05) is 0 Å². The monoisotopic (exact) mass is 227 g/mol. The van der Waals surface area contributed by atoms with Crippen molar-refractivity contribution in [3.63, 3.8) is 0 Å². The van der Waals surface area contributed by atoms with E-state index < -0.39 is 12.0 Å². The van der Waals surface area contributed by atoms with Crippen LogP contribution in [-0.2, 0) is 12.6 Å². The van der Waals surface area contributed by atoms with Crippen molar-refractivity contribution in [3.05, 3.63) is 23.8 Å². The minimum Gasteiger partial charge on any atom is -0.330 e. The van der Waals surface area contributed by atoms with Gasteiger partial charge in [-0.05, 0) is 18.5 Å². The van der Waals surface area contributed by atoms with Crippen LogP contribution in [0.1, 0.15) is 11.4 Å². The highest BCUT2D eigenvalue weighted by Gasteiger charge is 2.34. The summed E-state index contributed by atoms with van der Waals surface area (Å²) >= 11 is 0. The predicted molar refractivity (Wildman–Crippen MR) is 47.0 cm³/mol. The molecule has 80 valence electrons. The zero-order valence-corrected chi connectivity index (χ0v) is 7.90. The molecule has 0 radical (unpaired) electrons. The zero-order chi connectivity index (χ0) is 9.90. The molecule has 1 aromatic rings. The SMILES string of the molecule is Cl.NCCc1cnc(C(F)(F)F)nc1. The molecule has 0 fully saturated rings. The van der Waals surface area contributed by atoms with Gasteiger partial charge in [-0.15, -0.1) is 12.4 Å². The van der Waals surface area contributed by atoms with Gasteiger partial charge in [0.2, 0.25) is 5.82 Å². The van der Waals surface area contributed by atoms with Crippen LogP contribution in [0.5, 0.6) is 0 Å². The van der Waals surface area contributed by atoms with Crippen LogP contribution in [0.4, 0.5) is 13.2 Å². The summed E-state index contributed by atoms with van der Waals surface area (Å²) in [5, 5.41) is 0. The number of aromatic nitrogens is 2. The van der Waals surface area contributed by atoms with E-state index in [1.165, 1.54) is 0 Å². The predicted octanol–water partition coefficient (Wildman–Crippen LogP) is 1.42. The summed E-state index contributed by atoms with van der Waals surface area (Å²) in [5.41, 5.74) is 5.81. The summed E-state index contributed by atoms with van der Waals surface area (Å²) in [6.07, 6.45) is -1.70. The summed E-state index contributed by atoms with van der Waals surface area (Å²) in [5.74, 6) is -1.12. The molecule has 0 aliphatic carbocycles. The molecular weight excluding hydrogens is 219 g/mol. The van der Waals surface area contributed by atoms with Gasteiger partial charge in [-0.2, -0.15) is 13.2 Å². The van der Waals surface area contributed by atoms with Crippen molar-refractivity contribution in [2.24, 2.45) is 5.73 Å². The number of halogens is 4. The molecule has 1 rings (SSSR count). The van der Waals surface area contributed by atoms with Gasteiger partial charge in [0.25, 0.3) is 0 Å². The fourth-order valence-electron chi connectivity index (χ4n) is 0.797. The number of nitrogens with zero attached hydrogens (tertiary/aromatic N) is 2. The highest BCUT2D eigenvalue weighted by molar-refractivity contribution is 5.85. The molecule has 14 heavy (non-hydrogen) atoms. The lowest BCUT2D eigenvalue weighted by Gasteiger charge is -2.04. The van der Waals surface area contributed by atoms with Crippen LogP contribution >= 0.6 is 12.4 Å². The average Bonchev–Trinajstić information content (AvgIpc) is 2.04. The van der Waals surface area contributed by atoms with Crippen LogP contribution in [0.2, 0.25) is 0 Å². The first-order chi connectivity index (χ1) is 6.04. The quantitative estimate of drug-likeness (QED) is 0.831. The maximum absolute atomic E-state index is 12.0. The van der Waals surface area contributed by atoms with Crippen molar-refractivity contribution < 1.29 is 13.2 Å². The second-order valence-corrected chi connectivity index (χ2v) is 2.45. The Morgan fingerprint density at radius 3 is 2.07 bits per heavy atom. The Kier molecular flexibility index (Phi) is 4.79. The van der Waals surface area contributed by atoms with Gasteiger partial charge in [0, 0.05) is 12.4 Å². The lowest BCUT2D eigenvalue weighted by molar-refractivity contribution is -0.145. The first-order valence-corrected chi connectivity index (χ1v) is 3.62. The molecule has 0 atom stereocenters. The van der Waals surface area contributed by atoms with Crippen LogP contribution in [0, 0.1) is 0 Å². The molecule has 0 aliphatic heterocycles. The van der Waals surface area contributed by atoms with Crippen molar-refractivity contribution in [1.82, 2.24) is 9.97 Å². The molecule has 1 heterocycles. The number of hydrogen-bond acceptors (Lipinski definition) is 3. The molecule has 0 saturated carbocycles. The van der Waals surface area contributed by atoms with E-state index in [9.17, 15) is 13.2 Å². The van der Waals surface area contributed by atoms with Crippen LogP contribution in [0.3, 0.4) is 0 Å². The minimum absolute atomic E-state index is 0. The Bertz CT molecular complexity index is 273. The van der Waals surface area contributed by atoms with Gasteiger partial charge in [0.05, 0.1) is 0 Å². The Morgan fingerprint density at radius 2 is 1.71 bits per heavy atom. The lowest BCUT2D eigenvalue weighted by atomic mass is 10.2. The minimum atomic E-state index is -4.47. The van der Waals surface area contributed by atoms with Crippen molar-refractivity contribution in [1.29, 1.82) is 0 Å². The number of nitrogens with two attached hydrogens (primary N) is 1. The first-order valence-electron chi connectivity index (χ1n) is 3.62. The third-order valence-electron chi connectivity index (χ3n) is 1.39. The van der Waals surface area contributed by atoms with Crippen LogP contribution in [-0.4, -0.2) is 16.5 Å². The number of hydrogen-bond donors (Lipinski definition) is 1. The van der Waals surface area contributed by atoms with Gasteiger partial charge >= 0.3 is 6.18 Å². The van der Waals surface area contributed by atoms with E-state index in [0.717, 1.165) is 12.4 Å². The molecule has 1 aromatic heterocycles. The lowest BCUT2D eigenvalue weighted by Crippen LogP contribution is -2.11. The summed E-state index contributed by atoms with van der Waals surface area (Å²) in [6.45, 7) is 0.370. The fourth-order valence-corrected chi connectivity index (χ4v) is 0.797. The largest absolute Gasteiger partial charge is 0.451 e. The van der Waals surface area contributed by atoms with Crippen LogP contribution in [0.15, 0.2) is 12.4 Å². The number of rotatable bonds is 2. The zero-order valence-electron chi connectivity index (χ0n) is 7.08. The Morgan fingerprint density at radius 1 is 1.21 bits per heavy atom. The molecule has 7 heteroatoms. The smallest absolute Gasteiger partial charge is 0.330 e. The van der Waals surface area contributed by atoms with Gasteiger partial charge < -0.3 is 5.73 Å². The molecule has 0 aromatic carbocycles. The van der Waals surface area contributed by atoms with E-state index in [2.05, 4.69) is 9.97 Å². The Labute approximate surface area is 85.0 Å². The van der Waals surface area contributed by atoms with E-state index in [-0.39, 0.29) is 12.4 Å². The topological polar surface area (TPSA) is 51.8 Å². The van der Waals surface area contributed by atoms with Crippen LogP contribution in [0.25, 0.3) is 0 Å². The summed E-state index contributed by atoms with van der Waals surface area (Å²) in [7, 11) is 0. The summed E-state index contributed by atoms with van der Waals surface area (Å²) in [4.78, 5) is 6.35. The van der Waals surface area contributed by atoms with E-state index in [1.807, 2.05) is 0 Å². The third-order valence-corrected chi connectivity index (χ3v) is 1.39. The molecule has 0 amide bonds. The summed E-state index contributed by atoms with van der Waals surface area (Å²) < 4.78 is 35.9. The Hall–Kier alpha value is -0.880. The second-order valence-electron chi connectivity index (χ2n) is 2.45. The fraction of sp³-hybridized carbons (Fsp3) is 0.429. The molecule has 2 N–H and O–H groups in total. The molecule has 0 aliphatic rings. The molecule has 0 unspecified atom stereocenters. The summed E-state index contributed by atoms with van der Waals surface area (Å²) in [6, 6.07) is 0. The second kappa shape index (κ2) is 5.11. The standard InChI is InChI=1S/C7H8F3N3.ClH/c8-7(9,10)6-12-3-5(1-2-11)4-13-6;/h3-4H,1-2,11H2;1H. The van der Waals surface area contributed by atoms with E-state index in [4.69, 9.17) is 5.73 Å². The van der Waals surface area contributed by atoms with Gasteiger partial charge in [0.1, 0.15) is 0 Å². The molecule has 0 spiro atoms. The highest BCUT2D eigenvalue weighted by atomic mass is 35.5. The molecule has 0 saturated heterocycles. The maximum Gasteiger partial charge on any atom is 0.451 e. The van der Waals surface area contributed by atoms with Crippen molar-refractivity contribution >= 4 is 12.4 Å². The third kappa shape index (κ3) is 3.47. The first kappa shape index (κ1) is 13.1. The average molecular weight is 228 g/mol. The van der Waals surface area contributed by atoms with Gasteiger partial charge in [-0.25, -0.2) is 9.97 Å². The van der Waals surface area contributed by atoms with E-state index in [0.29, 0.717) is 18.5 Å². The number of alkyl halides is 3. The van der Waals surface area contributed by atoms with Crippen molar-refractivity contribution in [2.75, 3.05) is 6.54 Å². The van der Waals surface area contributed by atoms with Crippen molar-refractivity contribution in [3.8, 4) is 0 Å². The molecule has 3 nitrogen and oxygen atoms in total. The van der Waals surface area contributed by atoms with Gasteiger partial charge in [0.15, 0.2) is 0 Å². The van der Waals surface area contributed by atoms with Crippen LogP contribution < -0.4 is 5.73 Å². The van der Waals surface area contributed by atoms with Gasteiger partial charge in [-0.3, -0.25) is 0 Å². The normalized spacial score (nSPS) is 10.9. The van der Waals surface area contributed by atoms with E-state index in [1.54, 1.807) is 0 Å². The maximum atomic E-state index is 12.0. The Balaban J connectivity index is 0.00000169.